The van der Waals surface area contributed by atoms with Crippen molar-refractivity contribution in [1.82, 2.24) is 0 Å². The van der Waals surface area contributed by atoms with Crippen molar-refractivity contribution < 1.29 is 14.6 Å². The summed E-state index contributed by atoms with van der Waals surface area (Å²) in [6, 6.07) is 0. The zero-order valence-corrected chi connectivity index (χ0v) is 9.33. The smallest absolute Gasteiger partial charge is 0.0782 e. The van der Waals surface area contributed by atoms with Gasteiger partial charge < -0.3 is 14.6 Å². The van der Waals surface area contributed by atoms with Crippen molar-refractivity contribution in [2.24, 2.45) is 0 Å². The van der Waals surface area contributed by atoms with E-state index in [2.05, 4.69) is 0 Å². The molecule has 80 valence electrons. The highest BCUT2D eigenvalue weighted by Crippen LogP contribution is 2.08. The van der Waals surface area contributed by atoms with Gasteiger partial charge in [-0.2, -0.15) is 0 Å². The summed E-state index contributed by atoms with van der Waals surface area (Å²) >= 11 is 0. The Morgan fingerprint density at radius 2 is 1.69 bits per heavy atom. The summed E-state index contributed by atoms with van der Waals surface area (Å²) < 4.78 is 10.8. The Labute approximate surface area is 81.0 Å². The number of hydrogen-bond donors (Lipinski definition) is 1. The predicted molar refractivity (Wildman–Crippen MR) is 52.8 cm³/mol. The molecule has 0 saturated heterocycles. The first kappa shape index (κ1) is 12.9. The molecule has 0 saturated carbocycles. The van der Waals surface area contributed by atoms with Crippen molar-refractivity contribution in [3.05, 3.63) is 0 Å². The van der Waals surface area contributed by atoms with E-state index in [4.69, 9.17) is 14.6 Å². The molecule has 0 aromatic rings. The minimum atomic E-state index is -0.405. The highest BCUT2D eigenvalue weighted by Gasteiger charge is 2.12. The number of aliphatic hydroxyl groups is 1. The van der Waals surface area contributed by atoms with Crippen LogP contribution in [0.4, 0.5) is 0 Å². The van der Waals surface area contributed by atoms with Crippen LogP contribution >= 0.6 is 0 Å². The van der Waals surface area contributed by atoms with Crippen LogP contribution in [-0.2, 0) is 9.47 Å². The summed E-state index contributed by atoms with van der Waals surface area (Å²) in [5.74, 6) is 0. The lowest BCUT2D eigenvalue weighted by atomic mass is 10.2. The first-order valence-corrected chi connectivity index (χ1v) is 4.75. The molecule has 0 heterocycles. The Morgan fingerprint density at radius 3 is 2.08 bits per heavy atom. The molecule has 0 rings (SSSR count). The average Bonchev–Trinajstić information content (AvgIpc) is 1.95. The van der Waals surface area contributed by atoms with Crippen LogP contribution in [0.3, 0.4) is 0 Å². The Balaban J connectivity index is 3.46. The molecule has 0 aliphatic carbocycles. The van der Waals surface area contributed by atoms with Crippen molar-refractivity contribution in [3.63, 3.8) is 0 Å². The lowest BCUT2D eigenvalue weighted by molar-refractivity contribution is -0.0789. The summed E-state index contributed by atoms with van der Waals surface area (Å²) in [6.07, 6.45) is -0.370. The number of hydrogen-bond acceptors (Lipinski definition) is 3. The molecule has 1 N–H and O–H groups in total. The summed E-state index contributed by atoms with van der Waals surface area (Å²) in [7, 11) is 0. The Morgan fingerprint density at radius 1 is 1.15 bits per heavy atom. The van der Waals surface area contributed by atoms with Crippen molar-refractivity contribution in [3.8, 4) is 0 Å². The van der Waals surface area contributed by atoms with Gasteiger partial charge in [0.05, 0.1) is 31.0 Å². The second-order valence-corrected chi connectivity index (χ2v) is 4.42. The van der Waals surface area contributed by atoms with Gasteiger partial charge in [-0.1, -0.05) is 0 Å². The normalized spacial score (nSPS) is 17.1. The van der Waals surface area contributed by atoms with Gasteiger partial charge in [0.2, 0.25) is 0 Å². The van der Waals surface area contributed by atoms with Gasteiger partial charge in [0.1, 0.15) is 0 Å². The van der Waals surface area contributed by atoms with Gasteiger partial charge >= 0.3 is 0 Å². The maximum atomic E-state index is 8.96. The Kier molecular flexibility index (Phi) is 5.53. The highest BCUT2D eigenvalue weighted by molar-refractivity contribution is 4.60. The molecule has 0 bridgehead atoms. The zero-order chi connectivity index (χ0) is 10.5. The third-order valence-corrected chi connectivity index (χ3v) is 1.37. The van der Waals surface area contributed by atoms with Crippen molar-refractivity contribution in [2.45, 2.75) is 52.4 Å². The lowest BCUT2D eigenvalue weighted by Gasteiger charge is -2.22. The lowest BCUT2D eigenvalue weighted by Crippen LogP contribution is -2.27. The summed E-state index contributed by atoms with van der Waals surface area (Å²) in [6.45, 7) is 10.6. The van der Waals surface area contributed by atoms with E-state index in [1.54, 1.807) is 6.92 Å². The van der Waals surface area contributed by atoms with Crippen molar-refractivity contribution in [1.29, 1.82) is 0 Å². The van der Waals surface area contributed by atoms with E-state index in [0.29, 0.717) is 13.2 Å². The van der Waals surface area contributed by atoms with Gasteiger partial charge in [0.25, 0.3) is 0 Å². The largest absolute Gasteiger partial charge is 0.391 e. The van der Waals surface area contributed by atoms with E-state index in [9.17, 15) is 0 Å². The molecule has 0 fully saturated rings. The molecule has 2 unspecified atom stereocenters. The average molecular weight is 190 g/mol. The van der Waals surface area contributed by atoms with Crippen LogP contribution in [0.5, 0.6) is 0 Å². The molecule has 13 heavy (non-hydrogen) atoms. The van der Waals surface area contributed by atoms with Crippen LogP contribution < -0.4 is 0 Å². The van der Waals surface area contributed by atoms with Crippen LogP contribution in [0.25, 0.3) is 0 Å². The van der Waals surface area contributed by atoms with Crippen LogP contribution in [0.15, 0.2) is 0 Å². The Hall–Kier alpha value is -0.120. The number of rotatable bonds is 5. The second-order valence-electron chi connectivity index (χ2n) is 4.42. The van der Waals surface area contributed by atoms with Gasteiger partial charge in [-0.05, 0) is 34.6 Å². The summed E-state index contributed by atoms with van der Waals surface area (Å²) in [4.78, 5) is 0. The molecule has 0 aliphatic rings. The molecule has 0 aliphatic heterocycles. The third kappa shape index (κ3) is 9.80. The van der Waals surface area contributed by atoms with E-state index < -0.39 is 6.10 Å². The van der Waals surface area contributed by atoms with Crippen LogP contribution in [0.1, 0.15) is 34.6 Å². The minimum Gasteiger partial charge on any atom is -0.391 e. The van der Waals surface area contributed by atoms with E-state index in [1.807, 2.05) is 27.7 Å². The fourth-order valence-electron chi connectivity index (χ4n) is 0.719. The molecule has 0 spiro atoms. The van der Waals surface area contributed by atoms with E-state index >= 15 is 0 Å². The third-order valence-electron chi connectivity index (χ3n) is 1.37. The monoisotopic (exact) mass is 190 g/mol. The first-order valence-electron chi connectivity index (χ1n) is 4.75. The molecule has 3 heteroatoms. The molecular formula is C10H22O3. The van der Waals surface area contributed by atoms with Gasteiger partial charge in [-0.15, -0.1) is 0 Å². The molecule has 0 amide bonds. The van der Waals surface area contributed by atoms with E-state index in [-0.39, 0.29) is 11.7 Å². The molecule has 2 atom stereocenters. The quantitative estimate of drug-likeness (QED) is 0.715. The maximum absolute atomic E-state index is 8.96. The van der Waals surface area contributed by atoms with Crippen molar-refractivity contribution in [2.75, 3.05) is 13.2 Å². The van der Waals surface area contributed by atoms with Gasteiger partial charge in [-0.3, -0.25) is 0 Å². The van der Waals surface area contributed by atoms with Gasteiger partial charge in [0.15, 0.2) is 0 Å². The molecule has 3 nitrogen and oxygen atoms in total. The zero-order valence-electron chi connectivity index (χ0n) is 9.33. The number of aliphatic hydroxyl groups excluding tert-OH is 1. The van der Waals surface area contributed by atoms with Crippen LogP contribution in [0.2, 0.25) is 0 Å². The Bertz CT molecular complexity index is 127. The molecule has 0 aromatic carbocycles. The van der Waals surface area contributed by atoms with Crippen LogP contribution in [-0.4, -0.2) is 36.1 Å². The van der Waals surface area contributed by atoms with Gasteiger partial charge in [-0.25, -0.2) is 0 Å². The fourth-order valence-corrected chi connectivity index (χ4v) is 0.719. The minimum absolute atomic E-state index is 0.0359. The highest BCUT2D eigenvalue weighted by atomic mass is 16.5. The predicted octanol–water partition coefficient (Wildman–Crippen LogP) is 1.59. The fraction of sp³-hybridized carbons (Fsp3) is 1.00. The van der Waals surface area contributed by atoms with E-state index in [0.717, 1.165) is 0 Å². The maximum Gasteiger partial charge on any atom is 0.0782 e. The van der Waals surface area contributed by atoms with Gasteiger partial charge in [0, 0.05) is 0 Å². The molecule has 0 radical (unpaired) electrons. The SMILES string of the molecule is CC(O)COC(C)COC(C)(C)C. The topological polar surface area (TPSA) is 38.7 Å². The molecular weight excluding hydrogens is 168 g/mol. The molecule has 0 aromatic heterocycles. The second kappa shape index (κ2) is 5.58. The van der Waals surface area contributed by atoms with Crippen LogP contribution in [0, 0.1) is 0 Å². The first-order chi connectivity index (χ1) is 5.81. The number of ether oxygens (including phenoxy) is 2. The van der Waals surface area contributed by atoms with Crippen molar-refractivity contribution >= 4 is 0 Å². The summed E-state index contributed by atoms with van der Waals surface area (Å²) in [5, 5.41) is 8.96. The van der Waals surface area contributed by atoms with E-state index in [1.165, 1.54) is 0 Å². The summed E-state index contributed by atoms with van der Waals surface area (Å²) in [5.41, 5.74) is -0.123. The standard InChI is InChI=1S/C10H22O3/c1-8(11)6-12-9(2)7-13-10(3,4)5/h8-9,11H,6-7H2,1-5H3.